The van der Waals surface area contributed by atoms with Crippen molar-refractivity contribution in [2.75, 3.05) is 19.6 Å². The minimum atomic E-state index is -0.523. The van der Waals surface area contributed by atoms with Crippen LogP contribution in [-0.4, -0.2) is 52.5 Å². The van der Waals surface area contributed by atoms with E-state index in [-0.39, 0.29) is 11.9 Å². The van der Waals surface area contributed by atoms with Crippen molar-refractivity contribution in [3.05, 3.63) is 59.5 Å². The number of nitrogens with zero attached hydrogens (tertiary/aromatic N) is 2. The summed E-state index contributed by atoms with van der Waals surface area (Å²) in [6, 6.07) is 10.7. The summed E-state index contributed by atoms with van der Waals surface area (Å²) in [7, 11) is 0. The maximum atomic E-state index is 12.4. The molecule has 7 nitrogen and oxygen atoms in total. The fraction of sp³-hybridized carbons (Fsp3) is 0.333. The van der Waals surface area contributed by atoms with E-state index in [9.17, 15) is 9.59 Å². The van der Waals surface area contributed by atoms with Crippen LogP contribution < -0.4 is 5.48 Å². The molecular formula is C18H21N3O4. The molecule has 0 radical (unpaired) electrons. The van der Waals surface area contributed by atoms with E-state index in [2.05, 4.69) is 11.8 Å². The van der Waals surface area contributed by atoms with Crippen LogP contribution in [-0.2, 0) is 6.54 Å². The number of nitrogens with one attached hydrogen (secondary N) is 1. The molecule has 0 bridgehead atoms. The molecule has 1 fully saturated rings. The Morgan fingerprint density at radius 3 is 2.60 bits per heavy atom. The predicted octanol–water partition coefficient (Wildman–Crippen LogP) is 1.75. The Hall–Kier alpha value is -2.64. The standard InChI is InChI=1S/C18H21N3O4/c1-13-11-21(18(23)16-3-2-10-25-16)9-8-20(13)12-14-4-6-15(7-5-14)17(22)19-24/h2-7,10,13,24H,8-9,11-12H2,1H3,(H,19,22)/t13-/m0/s1. The molecule has 0 spiro atoms. The van der Waals surface area contributed by atoms with Gasteiger partial charge in [0, 0.05) is 37.8 Å². The average Bonchev–Trinajstić information content (AvgIpc) is 3.17. The summed E-state index contributed by atoms with van der Waals surface area (Å²) in [6.07, 6.45) is 1.51. The number of piperazine rings is 1. The van der Waals surface area contributed by atoms with Crippen LogP contribution in [0.1, 0.15) is 33.4 Å². The summed E-state index contributed by atoms with van der Waals surface area (Å²) in [6.45, 7) is 4.89. The van der Waals surface area contributed by atoms with Gasteiger partial charge in [-0.2, -0.15) is 0 Å². The fourth-order valence-electron chi connectivity index (χ4n) is 3.03. The quantitative estimate of drug-likeness (QED) is 0.652. The highest BCUT2D eigenvalue weighted by atomic mass is 16.5. The van der Waals surface area contributed by atoms with E-state index in [0.29, 0.717) is 24.4 Å². The number of hydroxylamine groups is 1. The van der Waals surface area contributed by atoms with Crippen molar-refractivity contribution in [3.63, 3.8) is 0 Å². The van der Waals surface area contributed by atoms with Gasteiger partial charge in [0.2, 0.25) is 0 Å². The summed E-state index contributed by atoms with van der Waals surface area (Å²) >= 11 is 0. The zero-order valence-electron chi connectivity index (χ0n) is 14.0. The van der Waals surface area contributed by atoms with Crippen LogP contribution in [0, 0.1) is 0 Å². The molecule has 0 aliphatic carbocycles. The van der Waals surface area contributed by atoms with Crippen molar-refractivity contribution in [3.8, 4) is 0 Å². The van der Waals surface area contributed by atoms with Crippen molar-refractivity contribution in [2.45, 2.75) is 19.5 Å². The molecule has 2 amide bonds. The molecule has 132 valence electrons. The van der Waals surface area contributed by atoms with Crippen LogP contribution in [0.5, 0.6) is 0 Å². The number of carbonyl (C=O) groups excluding carboxylic acids is 2. The summed E-state index contributed by atoms with van der Waals surface area (Å²) < 4.78 is 5.19. The Morgan fingerprint density at radius 2 is 2.00 bits per heavy atom. The van der Waals surface area contributed by atoms with Gasteiger partial charge in [-0.1, -0.05) is 12.1 Å². The molecule has 0 unspecified atom stereocenters. The highest BCUT2D eigenvalue weighted by molar-refractivity contribution is 5.93. The van der Waals surface area contributed by atoms with Gasteiger partial charge in [0.25, 0.3) is 11.8 Å². The SMILES string of the molecule is C[C@H]1CN(C(=O)c2ccco2)CCN1Cc1ccc(C(=O)NO)cc1. The molecule has 0 saturated carbocycles. The minimum Gasteiger partial charge on any atom is -0.459 e. The zero-order valence-corrected chi connectivity index (χ0v) is 14.0. The first kappa shape index (κ1) is 17.2. The second-order valence-corrected chi connectivity index (χ2v) is 6.19. The van der Waals surface area contributed by atoms with Crippen LogP contribution in [0.3, 0.4) is 0 Å². The van der Waals surface area contributed by atoms with E-state index < -0.39 is 5.91 Å². The van der Waals surface area contributed by atoms with E-state index in [1.807, 2.05) is 17.0 Å². The molecule has 1 atom stereocenters. The fourth-order valence-corrected chi connectivity index (χ4v) is 3.03. The van der Waals surface area contributed by atoms with Gasteiger partial charge in [-0.05, 0) is 36.8 Å². The lowest BCUT2D eigenvalue weighted by molar-refractivity contribution is 0.0468. The molecule has 1 saturated heterocycles. The smallest absolute Gasteiger partial charge is 0.289 e. The average molecular weight is 343 g/mol. The van der Waals surface area contributed by atoms with Crippen LogP contribution >= 0.6 is 0 Å². The minimum absolute atomic E-state index is 0.0733. The molecular weight excluding hydrogens is 322 g/mol. The van der Waals surface area contributed by atoms with Gasteiger partial charge in [-0.3, -0.25) is 19.7 Å². The number of amides is 2. The lowest BCUT2D eigenvalue weighted by Crippen LogP contribution is -2.53. The molecule has 3 rings (SSSR count). The molecule has 1 aliphatic heterocycles. The maximum absolute atomic E-state index is 12.4. The number of benzene rings is 1. The lowest BCUT2D eigenvalue weighted by atomic mass is 10.1. The highest BCUT2D eigenvalue weighted by Gasteiger charge is 2.28. The van der Waals surface area contributed by atoms with Gasteiger partial charge in [-0.15, -0.1) is 0 Å². The van der Waals surface area contributed by atoms with Crippen molar-refractivity contribution in [1.29, 1.82) is 0 Å². The lowest BCUT2D eigenvalue weighted by Gasteiger charge is -2.39. The summed E-state index contributed by atoms with van der Waals surface area (Å²) in [4.78, 5) is 27.8. The Kier molecular flexibility index (Phi) is 5.16. The predicted molar refractivity (Wildman–Crippen MR) is 90.2 cm³/mol. The summed E-state index contributed by atoms with van der Waals surface area (Å²) in [5, 5.41) is 8.64. The molecule has 1 aromatic heterocycles. The summed E-state index contributed by atoms with van der Waals surface area (Å²) in [5.74, 6) is -0.223. The van der Waals surface area contributed by atoms with Crippen molar-refractivity contribution in [1.82, 2.24) is 15.3 Å². The Bertz CT molecular complexity index is 727. The number of rotatable bonds is 4. The number of carbonyl (C=O) groups is 2. The zero-order chi connectivity index (χ0) is 17.8. The number of hydrogen-bond acceptors (Lipinski definition) is 5. The molecule has 2 N–H and O–H groups in total. The van der Waals surface area contributed by atoms with E-state index in [1.54, 1.807) is 29.7 Å². The molecule has 2 heterocycles. The molecule has 25 heavy (non-hydrogen) atoms. The van der Waals surface area contributed by atoms with Gasteiger partial charge < -0.3 is 9.32 Å². The second-order valence-electron chi connectivity index (χ2n) is 6.19. The summed E-state index contributed by atoms with van der Waals surface area (Å²) in [5.41, 5.74) is 3.11. The Balaban J connectivity index is 1.58. The normalized spacial score (nSPS) is 18.2. The van der Waals surface area contributed by atoms with Crippen molar-refractivity contribution < 1.29 is 19.2 Å². The van der Waals surface area contributed by atoms with Crippen molar-refractivity contribution >= 4 is 11.8 Å². The van der Waals surface area contributed by atoms with Crippen LogP contribution in [0.25, 0.3) is 0 Å². The number of furan rings is 1. The third-order valence-electron chi connectivity index (χ3n) is 4.49. The third-order valence-corrected chi connectivity index (χ3v) is 4.49. The number of hydrogen-bond donors (Lipinski definition) is 2. The second kappa shape index (κ2) is 7.50. The van der Waals surface area contributed by atoms with E-state index in [0.717, 1.165) is 18.7 Å². The first-order chi connectivity index (χ1) is 12.1. The Labute approximate surface area is 145 Å². The molecule has 7 heteroatoms. The first-order valence-corrected chi connectivity index (χ1v) is 8.18. The molecule has 2 aromatic rings. The maximum Gasteiger partial charge on any atom is 0.289 e. The van der Waals surface area contributed by atoms with Gasteiger partial charge >= 0.3 is 0 Å². The van der Waals surface area contributed by atoms with Crippen molar-refractivity contribution in [2.24, 2.45) is 0 Å². The van der Waals surface area contributed by atoms with E-state index in [1.165, 1.54) is 6.26 Å². The first-order valence-electron chi connectivity index (χ1n) is 8.18. The van der Waals surface area contributed by atoms with E-state index >= 15 is 0 Å². The Morgan fingerprint density at radius 1 is 1.24 bits per heavy atom. The van der Waals surface area contributed by atoms with Crippen LogP contribution in [0.15, 0.2) is 47.1 Å². The van der Waals surface area contributed by atoms with E-state index in [4.69, 9.17) is 9.62 Å². The largest absolute Gasteiger partial charge is 0.459 e. The highest BCUT2D eigenvalue weighted by Crippen LogP contribution is 2.17. The van der Waals surface area contributed by atoms with Gasteiger partial charge in [-0.25, -0.2) is 5.48 Å². The third kappa shape index (κ3) is 3.89. The monoisotopic (exact) mass is 343 g/mol. The van der Waals surface area contributed by atoms with Gasteiger partial charge in [0.05, 0.1) is 6.26 Å². The van der Waals surface area contributed by atoms with Crippen LogP contribution in [0.4, 0.5) is 0 Å². The molecule has 1 aromatic carbocycles. The van der Waals surface area contributed by atoms with Crippen LogP contribution in [0.2, 0.25) is 0 Å². The molecule has 1 aliphatic rings. The topological polar surface area (TPSA) is 86.0 Å². The van der Waals surface area contributed by atoms with Gasteiger partial charge in [0.1, 0.15) is 0 Å². The van der Waals surface area contributed by atoms with Gasteiger partial charge in [0.15, 0.2) is 5.76 Å².